The maximum Gasteiger partial charge on any atom is 0.321 e. The van der Waals surface area contributed by atoms with Crippen LogP contribution in [0.4, 0.5) is 20.6 Å². The topological polar surface area (TPSA) is 83.8 Å². The fraction of sp³-hybridized carbons (Fsp3) is 0.318. The molecule has 1 heterocycles. The van der Waals surface area contributed by atoms with Gasteiger partial charge in [-0.15, -0.1) is 4.99 Å². The van der Waals surface area contributed by atoms with Crippen LogP contribution in [0.2, 0.25) is 5.02 Å². The maximum absolute atomic E-state index is 13.6. The molecule has 2 aromatic carbocycles. The number of carbonyl (C=O) groups excluding carboxylic acids is 1. The molecule has 2 amide bonds. The highest BCUT2D eigenvalue weighted by molar-refractivity contribution is 6.30. The molecular weight excluding hydrogens is 419 g/mol. The minimum atomic E-state index is -0.384. The molecule has 0 spiro atoms. The van der Waals surface area contributed by atoms with E-state index in [1.807, 2.05) is 24.9 Å². The van der Waals surface area contributed by atoms with Crippen molar-refractivity contribution in [2.24, 2.45) is 10.9 Å². The van der Waals surface area contributed by atoms with Crippen LogP contribution in [0.3, 0.4) is 0 Å². The molecule has 31 heavy (non-hydrogen) atoms. The second-order valence-electron chi connectivity index (χ2n) is 7.56. The minimum absolute atomic E-state index is 0.0853. The van der Waals surface area contributed by atoms with E-state index >= 15 is 0 Å². The molecule has 3 rings (SSSR count). The molecule has 2 N–H and O–H groups in total. The molecule has 0 radical (unpaired) electrons. The Morgan fingerprint density at radius 1 is 1.19 bits per heavy atom. The van der Waals surface area contributed by atoms with Gasteiger partial charge in [0.15, 0.2) is 0 Å². The minimum Gasteiger partial charge on any atom is -0.335 e. The molecule has 0 aliphatic carbocycles. The van der Waals surface area contributed by atoms with Crippen molar-refractivity contribution in [1.82, 2.24) is 9.80 Å². The summed E-state index contributed by atoms with van der Waals surface area (Å²) in [6.45, 7) is 5.46. The lowest BCUT2D eigenvalue weighted by atomic mass is 10.00. The van der Waals surface area contributed by atoms with E-state index in [1.165, 1.54) is 12.1 Å². The standard InChI is InChI=1S/C22H24ClFN6O/c1-15(2)20-13-29(22(31)28-18-8-6-16(23)7-9-18)10-11-30(20)21(26-14-25)27-19-5-3-4-17(24)12-19/h3-9,12,15,20H,10-11,13H2,1-2H3,(H,26,27)(H,28,31). The Labute approximate surface area is 186 Å². The number of guanidine groups is 1. The molecule has 1 unspecified atom stereocenters. The molecule has 1 aliphatic heterocycles. The summed E-state index contributed by atoms with van der Waals surface area (Å²) in [6, 6.07) is 12.6. The summed E-state index contributed by atoms with van der Waals surface area (Å²) in [5.41, 5.74) is 1.16. The molecule has 7 nitrogen and oxygen atoms in total. The van der Waals surface area contributed by atoms with Gasteiger partial charge in [0.25, 0.3) is 0 Å². The van der Waals surface area contributed by atoms with Crippen molar-refractivity contribution in [3.63, 3.8) is 0 Å². The number of benzene rings is 2. The lowest BCUT2D eigenvalue weighted by Gasteiger charge is -2.44. The predicted octanol–water partition coefficient (Wildman–Crippen LogP) is 4.60. The molecular formula is C22H24ClFN6O. The first-order chi connectivity index (χ1) is 14.9. The number of rotatable bonds is 3. The van der Waals surface area contributed by atoms with E-state index in [0.717, 1.165) is 0 Å². The first kappa shape index (κ1) is 22.4. The fourth-order valence-electron chi connectivity index (χ4n) is 3.47. The molecule has 1 aliphatic rings. The van der Waals surface area contributed by atoms with Crippen LogP contribution in [-0.2, 0) is 0 Å². The first-order valence-electron chi connectivity index (χ1n) is 9.95. The number of nitrogens with zero attached hydrogens (tertiary/aromatic N) is 4. The van der Waals surface area contributed by atoms with Crippen LogP contribution >= 0.6 is 11.6 Å². The van der Waals surface area contributed by atoms with Gasteiger partial charge in [0.1, 0.15) is 5.82 Å². The number of hydrogen-bond donors (Lipinski definition) is 2. The van der Waals surface area contributed by atoms with Crippen LogP contribution in [0, 0.1) is 23.2 Å². The molecule has 1 atom stereocenters. The summed E-state index contributed by atoms with van der Waals surface area (Å²) in [5, 5.41) is 15.7. The zero-order valence-corrected chi connectivity index (χ0v) is 18.1. The molecule has 2 aromatic rings. The summed E-state index contributed by atoms with van der Waals surface area (Å²) in [5.74, 6) is 0.124. The van der Waals surface area contributed by atoms with Crippen molar-refractivity contribution in [3.8, 4) is 6.19 Å². The molecule has 0 bridgehead atoms. The second kappa shape index (κ2) is 10.1. The smallest absolute Gasteiger partial charge is 0.321 e. The normalized spacial score (nSPS) is 16.8. The van der Waals surface area contributed by atoms with Crippen LogP contribution < -0.4 is 10.6 Å². The third kappa shape index (κ3) is 5.86. The van der Waals surface area contributed by atoms with Gasteiger partial charge in [0.05, 0.1) is 6.04 Å². The van der Waals surface area contributed by atoms with Gasteiger partial charge in [-0.1, -0.05) is 31.5 Å². The average molecular weight is 443 g/mol. The SMILES string of the molecule is CC(C)C1CN(C(=O)Nc2ccc(Cl)cc2)CCN1/C(=N/C#N)Nc1cccc(F)c1. The van der Waals surface area contributed by atoms with E-state index in [9.17, 15) is 14.4 Å². The van der Waals surface area contributed by atoms with Gasteiger partial charge in [0.2, 0.25) is 12.2 Å². The Morgan fingerprint density at radius 2 is 1.94 bits per heavy atom. The summed E-state index contributed by atoms with van der Waals surface area (Å²) >= 11 is 5.90. The predicted molar refractivity (Wildman–Crippen MR) is 120 cm³/mol. The van der Waals surface area contributed by atoms with Crippen LogP contribution in [0.25, 0.3) is 0 Å². The largest absolute Gasteiger partial charge is 0.335 e. The Kier molecular flexibility index (Phi) is 7.32. The van der Waals surface area contributed by atoms with Gasteiger partial charge in [-0.3, -0.25) is 0 Å². The van der Waals surface area contributed by atoms with Crippen molar-refractivity contribution >= 4 is 35.0 Å². The van der Waals surface area contributed by atoms with E-state index < -0.39 is 0 Å². The zero-order chi connectivity index (χ0) is 22.4. The van der Waals surface area contributed by atoms with Crippen LogP contribution in [0.1, 0.15) is 13.8 Å². The van der Waals surface area contributed by atoms with E-state index in [-0.39, 0.29) is 23.8 Å². The van der Waals surface area contributed by atoms with Gasteiger partial charge < -0.3 is 20.4 Å². The van der Waals surface area contributed by atoms with Crippen molar-refractivity contribution in [2.45, 2.75) is 19.9 Å². The highest BCUT2D eigenvalue weighted by Gasteiger charge is 2.33. The average Bonchev–Trinajstić information content (AvgIpc) is 2.74. The molecule has 162 valence electrons. The quantitative estimate of drug-likeness (QED) is 0.413. The first-order valence-corrected chi connectivity index (χ1v) is 10.3. The Morgan fingerprint density at radius 3 is 2.58 bits per heavy atom. The van der Waals surface area contributed by atoms with E-state index in [0.29, 0.717) is 42.0 Å². The zero-order valence-electron chi connectivity index (χ0n) is 17.3. The van der Waals surface area contributed by atoms with Crippen LogP contribution in [0.5, 0.6) is 0 Å². The third-order valence-corrected chi connectivity index (χ3v) is 5.33. The molecule has 0 saturated carbocycles. The van der Waals surface area contributed by atoms with Crippen LogP contribution in [-0.4, -0.2) is 47.5 Å². The highest BCUT2D eigenvalue weighted by atomic mass is 35.5. The van der Waals surface area contributed by atoms with Crippen molar-refractivity contribution < 1.29 is 9.18 Å². The number of carbonyl (C=O) groups is 1. The second-order valence-corrected chi connectivity index (χ2v) is 8.00. The van der Waals surface area contributed by atoms with Gasteiger partial charge >= 0.3 is 6.03 Å². The Bertz CT molecular complexity index is 988. The Balaban J connectivity index is 1.73. The van der Waals surface area contributed by atoms with E-state index in [2.05, 4.69) is 15.6 Å². The number of nitriles is 1. The van der Waals surface area contributed by atoms with Gasteiger partial charge in [-0.25, -0.2) is 9.18 Å². The number of amides is 2. The van der Waals surface area contributed by atoms with E-state index in [1.54, 1.807) is 41.3 Å². The molecule has 1 fully saturated rings. The molecule has 0 aromatic heterocycles. The highest BCUT2D eigenvalue weighted by Crippen LogP contribution is 2.21. The van der Waals surface area contributed by atoms with Crippen molar-refractivity contribution in [3.05, 3.63) is 59.4 Å². The maximum atomic E-state index is 13.6. The van der Waals surface area contributed by atoms with Gasteiger partial charge in [0, 0.05) is 36.0 Å². The Hall–Kier alpha value is -3.31. The van der Waals surface area contributed by atoms with Gasteiger partial charge in [-0.2, -0.15) is 5.26 Å². The molecule has 1 saturated heterocycles. The summed E-state index contributed by atoms with van der Waals surface area (Å²) in [7, 11) is 0. The van der Waals surface area contributed by atoms with E-state index in [4.69, 9.17) is 11.6 Å². The van der Waals surface area contributed by atoms with Gasteiger partial charge in [-0.05, 0) is 48.4 Å². The number of aliphatic imine (C=N–C) groups is 1. The summed E-state index contributed by atoms with van der Waals surface area (Å²) in [6.07, 6.45) is 1.82. The molecule has 9 heteroatoms. The lowest BCUT2D eigenvalue weighted by Crippen LogP contribution is -2.60. The third-order valence-electron chi connectivity index (χ3n) is 5.08. The van der Waals surface area contributed by atoms with Crippen LogP contribution in [0.15, 0.2) is 53.5 Å². The number of urea groups is 1. The number of hydrogen-bond acceptors (Lipinski definition) is 3. The van der Waals surface area contributed by atoms with Crippen molar-refractivity contribution in [1.29, 1.82) is 5.26 Å². The number of anilines is 2. The summed E-state index contributed by atoms with van der Waals surface area (Å²) < 4.78 is 13.6. The van der Waals surface area contributed by atoms with Crippen molar-refractivity contribution in [2.75, 3.05) is 30.3 Å². The number of piperazine rings is 1. The lowest BCUT2D eigenvalue weighted by molar-refractivity contribution is 0.120. The summed E-state index contributed by atoms with van der Waals surface area (Å²) in [4.78, 5) is 20.4. The number of nitrogens with one attached hydrogen (secondary N) is 2. The number of halogens is 2. The fourth-order valence-corrected chi connectivity index (χ4v) is 3.60. The monoisotopic (exact) mass is 442 g/mol.